The second kappa shape index (κ2) is 5.45. The van der Waals surface area contributed by atoms with Gasteiger partial charge in [-0.1, -0.05) is 0 Å². The van der Waals surface area contributed by atoms with Crippen molar-refractivity contribution in [2.45, 2.75) is 17.9 Å². The van der Waals surface area contributed by atoms with E-state index >= 15 is 0 Å². The molecule has 1 aromatic rings. The van der Waals surface area contributed by atoms with Crippen LogP contribution in [0.1, 0.15) is 17.3 Å². The molecule has 0 aliphatic carbocycles. The second-order valence-corrected chi connectivity index (χ2v) is 6.10. The van der Waals surface area contributed by atoms with Gasteiger partial charge in [-0.05, 0) is 25.1 Å². The average molecular weight is 308 g/mol. The van der Waals surface area contributed by atoms with Crippen molar-refractivity contribution in [3.05, 3.63) is 23.8 Å². The van der Waals surface area contributed by atoms with Gasteiger partial charge in [0.25, 0.3) is 15.0 Å². The number of amides is 1. The van der Waals surface area contributed by atoms with Crippen LogP contribution < -0.4 is 10.5 Å². The predicted octanol–water partition coefficient (Wildman–Crippen LogP) is 0.565. The molecule has 1 atom stereocenters. The summed E-state index contributed by atoms with van der Waals surface area (Å²) in [6, 6.07) is 3.06. The van der Waals surface area contributed by atoms with Gasteiger partial charge in [-0.3, -0.25) is 4.79 Å². The van der Waals surface area contributed by atoms with E-state index in [4.69, 9.17) is 26.3 Å². The molecule has 1 unspecified atom stereocenters. The molecule has 0 heterocycles. The molecule has 0 bridgehead atoms. The number of nitrogens with two attached hydrogens (primary N) is 1. The monoisotopic (exact) mass is 307 g/mol. The molecule has 104 valence electrons. The van der Waals surface area contributed by atoms with Crippen molar-refractivity contribution < 1.29 is 27.9 Å². The number of carboxylic acids is 1. The topological polar surface area (TPSA) is 124 Å². The van der Waals surface area contributed by atoms with Crippen LogP contribution in [0, 0.1) is 0 Å². The number of ether oxygens (including phenoxy) is 1. The zero-order valence-electron chi connectivity index (χ0n) is 9.66. The summed E-state index contributed by atoms with van der Waals surface area (Å²) < 4.78 is 27.7. The van der Waals surface area contributed by atoms with Crippen molar-refractivity contribution in [2.24, 2.45) is 5.73 Å². The quantitative estimate of drug-likeness (QED) is 0.766. The summed E-state index contributed by atoms with van der Waals surface area (Å²) in [5.41, 5.74) is 4.70. The van der Waals surface area contributed by atoms with Crippen LogP contribution in [-0.2, 0) is 13.8 Å². The Bertz CT molecular complexity index is 627. The molecule has 0 fully saturated rings. The number of halogens is 1. The van der Waals surface area contributed by atoms with Crippen LogP contribution >= 0.6 is 10.7 Å². The molecule has 1 amide bonds. The smallest absolute Gasteiger partial charge is 0.335 e. The minimum atomic E-state index is -4.23. The first-order chi connectivity index (χ1) is 8.62. The first-order valence-corrected chi connectivity index (χ1v) is 7.22. The minimum absolute atomic E-state index is 0.244. The molecule has 3 N–H and O–H groups in total. The van der Waals surface area contributed by atoms with E-state index in [1.807, 2.05) is 0 Å². The SMILES string of the molecule is CC(Oc1ccc(C(=O)O)cc1S(=O)(=O)Cl)C(N)=O. The Balaban J connectivity index is 3.32. The van der Waals surface area contributed by atoms with Gasteiger partial charge in [-0.25, -0.2) is 13.2 Å². The predicted molar refractivity (Wildman–Crippen MR) is 65.7 cm³/mol. The molecule has 0 spiro atoms. The molecule has 9 heteroatoms. The van der Waals surface area contributed by atoms with Gasteiger partial charge in [0, 0.05) is 10.7 Å². The van der Waals surface area contributed by atoms with E-state index in [1.165, 1.54) is 6.92 Å². The summed E-state index contributed by atoms with van der Waals surface area (Å²) in [4.78, 5) is 21.1. The van der Waals surface area contributed by atoms with Gasteiger partial charge in [-0.2, -0.15) is 0 Å². The Labute approximate surface area is 113 Å². The summed E-state index contributed by atoms with van der Waals surface area (Å²) in [6.45, 7) is 1.32. The summed E-state index contributed by atoms with van der Waals surface area (Å²) >= 11 is 0. The number of carbonyl (C=O) groups is 2. The second-order valence-electron chi connectivity index (χ2n) is 3.57. The number of carboxylic acid groups (broad SMARTS) is 1. The van der Waals surface area contributed by atoms with Gasteiger partial charge in [0.1, 0.15) is 10.6 Å². The summed E-state index contributed by atoms with van der Waals surface area (Å²) in [6.07, 6.45) is -1.09. The standard InChI is InChI=1S/C10H10ClNO6S/c1-5(9(12)13)18-7-3-2-6(10(14)15)4-8(7)19(11,16)17/h2-5H,1H3,(H2,12,13)(H,14,15). The lowest BCUT2D eigenvalue weighted by Crippen LogP contribution is -2.31. The largest absolute Gasteiger partial charge is 0.479 e. The summed E-state index contributed by atoms with van der Waals surface area (Å²) in [7, 11) is 0.957. The number of rotatable bonds is 5. The number of carbonyl (C=O) groups excluding carboxylic acids is 1. The van der Waals surface area contributed by atoms with Crippen molar-refractivity contribution in [3.63, 3.8) is 0 Å². The molecular weight excluding hydrogens is 298 g/mol. The Morgan fingerprint density at radius 1 is 1.42 bits per heavy atom. The van der Waals surface area contributed by atoms with E-state index in [-0.39, 0.29) is 11.3 Å². The lowest BCUT2D eigenvalue weighted by Gasteiger charge is -2.14. The van der Waals surface area contributed by atoms with Gasteiger partial charge < -0.3 is 15.6 Å². The van der Waals surface area contributed by atoms with Gasteiger partial charge in [0.05, 0.1) is 5.56 Å². The van der Waals surface area contributed by atoms with Gasteiger partial charge in [-0.15, -0.1) is 0 Å². The number of benzene rings is 1. The number of hydrogen-bond acceptors (Lipinski definition) is 5. The van der Waals surface area contributed by atoms with E-state index in [9.17, 15) is 18.0 Å². The lowest BCUT2D eigenvalue weighted by molar-refractivity contribution is -0.124. The molecule has 19 heavy (non-hydrogen) atoms. The Morgan fingerprint density at radius 3 is 2.42 bits per heavy atom. The summed E-state index contributed by atoms with van der Waals surface area (Å²) in [5.74, 6) is -2.37. The fourth-order valence-electron chi connectivity index (χ4n) is 1.18. The maximum atomic E-state index is 11.4. The third kappa shape index (κ3) is 3.83. The van der Waals surface area contributed by atoms with E-state index in [0.29, 0.717) is 0 Å². The van der Waals surface area contributed by atoms with E-state index in [0.717, 1.165) is 18.2 Å². The lowest BCUT2D eigenvalue weighted by atomic mass is 10.2. The van der Waals surface area contributed by atoms with E-state index in [2.05, 4.69) is 0 Å². The molecule has 1 rings (SSSR count). The number of primary amides is 1. The molecule has 1 aromatic carbocycles. The first-order valence-electron chi connectivity index (χ1n) is 4.91. The van der Waals surface area contributed by atoms with Crippen molar-refractivity contribution in [2.75, 3.05) is 0 Å². The van der Waals surface area contributed by atoms with Gasteiger partial charge >= 0.3 is 5.97 Å². The number of aromatic carboxylic acids is 1. The van der Waals surface area contributed by atoms with Crippen LogP contribution in [0.2, 0.25) is 0 Å². The highest BCUT2D eigenvalue weighted by molar-refractivity contribution is 8.13. The first kappa shape index (κ1) is 15.3. The van der Waals surface area contributed by atoms with Crippen LogP contribution in [0.5, 0.6) is 5.75 Å². The highest BCUT2D eigenvalue weighted by atomic mass is 35.7. The van der Waals surface area contributed by atoms with Crippen LogP contribution in [0.25, 0.3) is 0 Å². The molecular formula is C10H10ClNO6S. The van der Waals surface area contributed by atoms with Crippen molar-refractivity contribution in [1.29, 1.82) is 0 Å². The van der Waals surface area contributed by atoms with Gasteiger partial charge in [0.2, 0.25) is 0 Å². The minimum Gasteiger partial charge on any atom is -0.479 e. The third-order valence-electron chi connectivity index (χ3n) is 2.16. The average Bonchev–Trinajstić information content (AvgIpc) is 2.27. The highest BCUT2D eigenvalue weighted by Crippen LogP contribution is 2.29. The normalized spacial score (nSPS) is 12.7. The van der Waals surface area contributed by atoms with Crippen LogP contribution in [0.4, 0.5) is 0 Å². The molecule has 0 aliphatic heterocycles. The molecule has 0 saturated heterocycles. The van der Waals surface area contributed by atoms with Crippen molar-refractivity contribution in [3.8, 4) is 5.75 Å². The van der Waals surface area contributed by atoms with E-state index < -0.39 is 31.9 Å². The molecule has 0 aliphatic rings. The maximum Gasteiger partial charge on any atom is 0.335 e. The zero-order chi connectivity index (χ0) is 14.8. The molecule has 7 nitrogen and oxygen atoms in total. The third-order valence-corrected chi connectivity index (χ3v) is 3.50. The Kier molecular flexibility index (Phi) is 4.38. The molecule has 0 saturated carbocycles. The van der Waals surface area contributed by atoms with Gasteiger partial charge in [0.15, 0.2) is 6.10 Å². The number of hydrogen-bond donors (Lipinski definition) is 2. The van der Waals surface area contributed by atoms with Crippen molar-refractivity contribution in [1.82, 2.24) is 0 Å². The fourth-order valence-corrected chi connectivity index (χ4v) is 2.16. The van der Waals surface area contributed by atoms with Crippen LogP contribution in [-0.4, -0.2) is 31.5 Å². The van der Waals surface area contributed by atoms with Crippen molar-refractivity contribution >= 4 is 31.6 Å². The highest BCUT2D eigenvalue weighted by Gasteiger charge is 2.22. The van der Waals surface area contributed by atoms with Crippen LogP contribution in [0.15, 0.2) is 23.1 Å². The van der Waals surface area contributed by atoms with E-state index in [1.54, 1.807) is 0 Å². The molecule has 0 radical (unpaired) electrons. The summed E-state index contributed by atoms with van der Waals surface area (Å²) in [5, 5.41) is 8.78. The fraction of sp³-hybridized carbons (Fsp3) is 0.200. The molecule has 0 aromatic heterocycles. The van der Waals surface area contributed by atoms with Crippen LogP contribution in [0.3, 0.4) is 0 Å². The zero-order valence-corrected chi connectivity index (χ0v) is 11.2. The Hall–Kier alpha value is -1.80. The maximum absolute atomic E-state index is 11.4. The Morgan fingerprint density at radius 2 is 2.00 bits per heavy atom.